The molecule has 2 rings (SSSR count). The number of hydrogen-bond acceptors (Lipinski definition) is 8. The molecule has 182 valence electrons. The standard InChI is InChI=1S/C26H32N2O5S/c1-7-10-33-26-23(31-4)13-20(14-24(26)34-6)18(16-28)9-8-17(15-27)19-11-21(29-2)25(32-5)22(12-19)30-3/h11-14,17-18H,7-10H2,1-6H3. The normalized spacial score (nSPS) is 12.1. The van der Waals surface area contributed by atoms with Gasteiger partial charge in [-0.05, 0) is 60.9 Å². The first-order valence-electron chi connectivity index (χ1n) is 11.0. The molecule has 0 N–H and O–H groups in total. The lowest BCUT2D eigenvalue weighted by Crippen LogP contribution is -2.05. The molecular formula is C26H32N2O5S. The average Bonchev–Trinajstić information content (AvgIpc) is 2.88. The molecule has 2 aromatic rings. The second kappa shape index (κ2) is 13.5. The lowest BCUT2D eigenvalue weighted by Gasteiger charge is -2.19. The molecule has 0 aliphatic rings. The van der Waals surface area contributed by atoms with Crippen molar-refractivity contribution in [3.8, 4) is 40.9 Å². The van der Waals surface area contributed by atoms with Crippen LogP contribution in [-0.2, 0) is 0 Å². The van der Waals surface area contributed by atoms with Gasteiger partial charge in [-0.15, -0.1) is 11.8 Å². The van der Waals surface area contributed by atoms with E-state index in [2.05, 4.69) is 12.1 Å². The van der Waals surface area contributed by atoms with Crippen LogP contribution in [-0.4, -0.2) is 41.3 Å². The van der Waals surface area contributed by atoms with Crippen LogP contribution in [0.4, 0.5) is 0 Å². The predicted molar refractivity (Wildman–Crippen MR) is 133 cm³/mol. The zero-order valence-corrected chi connectivity index (χ0v) is 21.5. The van der Waals surface area contributed by atoms with Crippen LogP contribution in [0.3, 0.4) is 0 Å². The maximum atomic E-state index is 9.94. The predicted octanol–water partition coefficient (Wildman–Crippen LogP) is 5.93. The maximum absolute atomic E-state index is 9.94. The van der Waals surface area contributed by atoms with E-state index in [1.165, 1.54) is 7.11 Å². The molecule has 0 bridgehead atoms. The largest absolute Gasteiger partial charge is 0.493 e. The van der Waals surface area contributed by atoms with Crippen LogP contribution in [0.15, 0.2) is 29.2 Å². The molecule has 0 amide bonds. The van der Waals surface area contributed by atoms with Gasteiger partial charge in [0.15, 0.2) is 23.0 Å². The van der Waals surface area contributed by atoms with Gasteiger partial charge in [0.2, 0.25) is 5.75 Å². The van der Waals surface area contributed by atoms with Crippen molar-refractivity contribution < 1.29 is 23.7 Å². The molecule has 0 saturated carbocycles. The molecule has 2 aromatic carbocycles. The van der Waals surface area contributed by atoms with Gasteiger partial charge in [-0.3, -0.25) is 0 Å². The van der Waals surface area contributed by atoms with Gasteiger partial charge in [-0.1, -0.05) is 6.92 Å². The van der Waals surface area contributed by atoms with Crippen LogP contribution < -0.4 is 23.7 Å². The number of thioether (sulfide) groups is 1. The van der Waals surface area contributed by atoms with Gasteiger partial charge in [0.1, 0.15) is 0 Å². The number of methoxy groups -OCH3 is 4. The molecule has 0 aromatic heterocycles. The highest BCUT2D eigenvalue weighted by Crippen LogP contribution is 2.43. The van der Waals surface area contributed by atoms with Gasteiger partial charge >= 0.3 is 0 Å². The molecule has 0 saturated heterocycles. The monoisotopic (exact) mass is 484 g/mol. The summed E-state index contributed by atoms with van der Waals surface area (Å²) in [7, 11) is 6.21. The van der Waals surface area contributed by atoms with Gasteiger partial charge in [-0.2, -0.15) is 10.5 Å². The summed E-state index contributed by atoms with van der Waals surface area (Å²) in [5, 5.41) is 19.8. The quantitative estimate of drug-likeness (QED) is 0.323. The van der Waals surface area contributed by atoms with E-state index in [4.69, 9.17) is 23.7 Å². The molecule has 0 aliphatic heterocycles. The topological polar surface area (TPSA) is 93.7 Å². The summed E-state index contributed by atoms with van der Waals surface area (Å²) in [5.41, 5.74) is 1.59. The molecule has 34 heavy (non-hydrogen) atoms. The fraction of sp³-hybridized carbons (Fsp3) is 0.462. The van der Waals surface area contributed by atoms with Crippen LogP contribution in [0, 0.1) is 22.7 Å². The molecule has 0 radical (unpaired) electrons. The summed E-state index contributed by atoms with van der Waals surface area (Å²) < 4.78 is 27.7. The van der Waals surface area contributed by atoms with E-state index in [-0.39, 0.29) is 0 Å². The molecule has 7 nitrogen and oxygen atoms in total. The van der Waals surface area contributed by atoms with Gasteiger partial charge in [0.25, 0.3) is 0 Å². The Labute approximate surface area is 206 Å². The lowest BCUT2D eigenvalue weighted by molar-refractivity contribution is 0.287. The summed E-state index contributed by atoms with van der Waals surface area (Å²) in [6, 6.07) is 12.2. The first-order valence-corrected chi connectivity index (χ1v) is 12.2. The average molecular weight is 485 g/mol. The van der Waals surface area contributed by atoms with Crippen molar-refractivity contribution in [1.82, 2.24) is 0 Å². The van der Waals surface area contributed by atoms with Crippen LogP contribution in [0.25, 0.3) is 0 Å². The van der Waals surface area contributed by atoms with E-state index in [0.29, 0.717) is 48.2 Å². The second-order valence-corrected chi connectivity index (χ2v) is 8.35. The Bertz CT molecular complexity index is 994. The first-order chi connectivity index (χ1) is 16.5. The number of hydrogen-bond donors (Lipinski definition) is 0. The zero-order valence-electron chi connectivity index (χ0n) is 20.6. The highest BCUT2D eigenvalue weighted by atomic mass is 32.2. The second-order valence-electron chi connectivity index (χ2n) is 7.50. The minimum absolute atomic E-state index is 0.405. The van der Waals surface area contributed by atoms with Gasteiger partial charge in [0, 0.05) is 0 Å². The van der Waals surface area contributed by atoms with E-state index in [1.54, 1.807) is 45.2 Å². The van der Waals surface area contributed by atoms with Crippen LogP contribution in [0.1, 0.15) is 49.1 Å². The Kier molecular flexibility index (Phi) is 10.7. The Balaban J connectivity index is 2.32. The number of benzene rings is 2. The summed E-state index contributed by atoms with van der Waals surface area (Å²) in [6.07, 6.45) is 3.83. The van der Waals surface area contributed by atoms with E-state index in [1.807, 2.05) is 25.3 Å². The number of rotatable bonds is 13. The maximum Gasteiger partial charge on any atom is 0.203 e. The number of nitriles is 2. The van der Waals surface area contributed by atoms with Crippen LogP contribution in [0.2, 0.25) is 0 Å². The van der Waals surface area contributed by atoms with Crippen molar-refractivity contribution in [2.24, 2.45) is 0 Å². The molecular weight excluding hydrogens is 452 g/mol. The Morgan fingerprint density at radius 2 is 1.24 bits per heavy atom. The fourth-order valence-corrected chi connectivity index (χ4v) is 4.29. The minimum atomic E-state index is -0.446. The minimum Gasteiger partial charge on any atom is -0.493 e. The van der Waals surface area contributed by atoms with Crippen molar-refractivity contribution in [2.75, 3.05) is 41.3 Å². The Hall–Kier alpha value is -3.23. The Morgan fingerprint density at radius 3 is 1.62 bits per heavy atom. The third kappa shape index (κ3) is 6.21. The van der Waals surface area contributed by atoms with E-state index >= 15 is 0 Å². The molecule has 8 heteroatoms. The van der Waals surface area contributed by atoms with E-state index in [9.17, 15) is 10.5 Å². The van der Waals surface area contributed by atoms with Crippen molar-refractivity contribution >= 4 is 11.8 Å². The molecule has 0 fully saturated rings. The Morgan fingerprint density at radius 1 is 0.765 bits per heavy atom. The third-order valence-corrected chi connectivity index (χ3v) is 6.22. The van der Waals surface area contributed by atoms with E-state index < -0.39 is 11.8 Å². The number of ether oxygens (including phenoxy) is 5. The van der Waals surface area contributed by atoms with Crippen LogP contribution in [0.5, 0.6) is 28.7 Å². The van der Waals surface area contributed by atoms with Gasteiger partial charge in [0.05, 0.1) is 63.9 Å². The van der Waals surface area contributed by atoms with E-state index in [0.717, 1.165) is 22.4 Å². The molecule has 0 heterocycles. The number of nitrogens with zero attached hydrogens (tertiary/aromatic N) is 2. The van der Waals surface area contributed by atoms with Crippen molar-refractivity contribution in [1.29, 1.82) is 10.5 Å². The van der Waals surface area contributed by atoms with Crippen molar-refractivity contribution in [2.45, 2.75) is 42.9 Å². The first kappa shape index (κ1) is 27.0. The highest BCUT2D eigenvalue weighted by molar-refractivity contribution is 7.98. The lowest BCUT2D eigenvalue weighted by atomic mass is 9.88. The molecule has 2 atom stereocenters. The highest BCUT2D eigenvalue weighted by Gasteiger charge is 2.23. The van der Waals surface area contributed by atoms with Gasteiger partial charge in [-0.25, -0.2) is 0 Å². The van der Waals surface area contributed by atoms with Gasteiger partial charge < -0.3 is 23.7 Å². The van der Waals surface area contributed by atoms with Crippen molar-refractivity contribution in [3.05, 3.63) is 35.4 Å². The van der Waals surface area contributed by atoms with Crippen molar-refractivity contribution in [3.63, 3.8) is 0 Å². The van der Waals surface area contributed by atoms with Crippen LogP contribution >= 0.6 is 11.8 Å². The zero-order chi connectivity index (χ0) is 25.1. The fourth-order valence-electron chi connectivity index (χ4n) is 3.70. The molecule has 0 spiro atoms. The third-order valence-electron chi connectivity index (χ3n) is 5.48. The molecule has 0 aliphatic carbocycles. The SMILES string of the molecule is CCCOc1c(OC)cc(C(C#N)CCC(C#N)c2cc(OC)c(OC)c(OC)c2)cc1SC. The molecule has 2 unspecified atom stereocenters. The summed E-state index contributed by atoms with van der Waals surface area (Å²) in [4.78, 5) is 0.921. The summed E-state index contributed by atoms with van der Waals surface area (Å²) in [5.74, 6) is 1.91. The summed E-state index contributed by atoms with van der Waals surface area (Å²) >= 11 is 1.55. The smallest absolute Gasteiger partial charge is 0.203 e. The summed E-state index contributed by atoms with van der Waals surface area (Å²) in [6.45, 7) is 2.63.